The lowest BCUT2D eigenvalue weighted by Gasteiger charge is -2.10. The lowest BCUT2D eigenvalue weighted by atomic mass is 10.3. The van der Waals surface area contributed by atoms with E-state index in [-0.39, 0.29) is 13.2 Å². The highest BCUT2D eigenvalue weighted by Crippen LogP contribution is 2.03. The molecule has 0 heterocycles. The average Bonchev–Trinajstić information content (AvgIpc) is 1.99. The van der Waals surface area contributed by atoms with Crippen molar-refractivity contribution in [2.45, 2.75) is 20.0 Å². The molecule has 0 amide bonds. The molecule has 0 rings (SSSR count). The minimum Gasteiger partial charge on any atom is -0.495 e. The zero-order valence-corrected chi connectivity index (χ0v) is 7.00. The average molecular weight is 159 g/mol. The summed E-state index contributed by atoms with van der Waals surface area (Å²) in [6, 6.07) is 0. The maximum absolute atomic E-state index is 8.86. The fourth-order valence-corrected chi connectivity index (χ4v) is 0.394. The molecule has 0 aromatic rings. The van der Waals surface area contributed by atoms with Crippen LogP contribution in [0.15, 0.2) is 11.3 Å². The quantitative estimate of drug-likeness (QED) is 0.587. The van der Waals surface area contributed by atoms with Crippen molar-refractivity contribution in [1.82, 2.24) is 0 Å². The second-order valence-corrected chi connectivity index (χ2v) is 2.57. The van der Waals surface area contributed by atoms with E-state index in [1.807, 2.05) is 13.8 Å². The molecule has 0 spiro atoms. The molecule has 0 saturated carbocycles. The van der Waals surface area contributed by atoms with Gasteiger partial charge < -0.3 is 14.9 Å². The molecule has 3 nitrogen and oxygen atoms in total. The molecular weight excluding hydrogens is 144 g/mol. The molecule has 1 radical (unpaired) electrons. The van der Waals surface area contributed by atoms with Gasteiger partial charge in [-0.3, -0.25) is 0 Å². The molecule has 0 aromatic carbocycles. The first-order valence-electron chi connectivity index (χ1n) is 3.49. The highest BCUT2D eigenvalue weighted by molar-refractivity contribution is 5.04. The topological polar surface area (TPSA) is 49.7 Å². The molecule has 3 heteroatoms. The molecule has 1 unspecified atom stereocenters. The molecule has 0 bridgehead atoms. The Balaban J connectivity index is 3.63. The van der Waals surface area contributed by atoms with Crippen molar-refractivity contribution in [3.05, 3.63) is 18.3 Å². The van der Waals surface area contributed by atoms with Crippen molar-refractivity contribution >= 4 is 0 Å². The van der Waals surface area contributed by atoms with Gasteiger partial charge in [0.1, 0.15) is 12.7 Å². The second-order valence-electron chi connectivity index (χ2n) is 2.57. The van der Waals surface area contributed by atoms with Crippen molar-refractivity contribution in [3.63, 3.8) is 0 Å². The largest absolute Gasteiger partial charge is 0.495 e. The lowest BCUT2D eigenvalue weighted by Crippen LogP contribution is -2.18. The number of aliphatic hydroxyl groups is 2. The van der Waals surface area contributed by atoms with Crippen molar-refractivity contribution < 1.29 is 14.9 Å². The Hall–Kier alpha value is -0.540. The first kappa shape index (κ1) is 10.5. The predicted molar refractivity (Wildman–Crippen MR) is 42.8 cm³/mol. The molecule has 0 saturated heterocycles. The van der Waals surface area contributed by atoms with Crippen LogP contribution in [0.5, 0.6) is 0 Å². The molecule has 0 aliphatic rings. The fourth-order valence-electron chi connectivity index (χ4n) is 0.394. The summed E-state index contributed by atoms with van der Waals surface area (Å²) >= 11 is 0. The summed E-state index contributed by atoms with van der Waals surface area (Å²) in [7, 11) is 0. The summed E-state index contributed by atoms with van der Waals surface area (Å²) in [5.74, 6) is 0.553. The van der Waals surface area contributed by atoms with E-state index in [9.17, 15) is 0 Å². The van der Waals surface area contributed by atoms with Gasteiger partial charge in [0.2, 0.25) is 0 Å². The molecule has 65 valence electrons. The Morgan fingerprint density at radius 2 is 2.09 bits per heavy atom. The SMILES string of the molecule is [CH2]C(OCC(O)CO)=C(C)C. The molecule has 11 heavy (non-hydrogen) atoms. The summed E-state index contributed by atoms with van der Waals surface area (Å²) in [4.78, 5) is 0. The Morgan fingerprint density at radius 1 is 1.55 bits per heavy atom. The van der Waals surface area contributed by atoms with E-state index in [1.54, 1.807) is 0 Å². The highest BCUT2D eigenvalue weighted by Gasteiger charge is 2.02. The van der Waals surface area contributed by atoms with Crippen LogP contribution in [0.4, 0.5) is 0 Å². The van der Waals surface area contributed by atoms with Gasteiger partial charge in [-0.25, -0.2) is 0 Å². The third-order valence-electron chi connectivity index (χ3n) is 1.22. The first-order chi connectivity index (χ1) is 5.07. The van der Waals surface area contributed by atoms with Gasteiger partial charge in [-0.15, -0.1) is 0 Å². The third-order valence-corrected chi connectivity index (χ3v) is 1.22. The van der Waals surface area contributed by atoms with Crippen LogP contribution in [-0.2, 0) is 4.74 Å². The number of hydrogen-bond donors (Lipinski definition) is 2. The molecule has 0 fully saturated rings. The fraction of sp³-hybridized carbons (Fsp3) is 0.625. The molecule has 0 aromatic heterocycles. The number of aliphatic hydroxyl groups excluding tert-OH is 2. The lowest BCUT2D eigenvalue weighted by molar-refractivity contribution is 0.0321. The van der Waals surface area contributed by atoms with Gasteiger partial charge in [-0.2, -0.15) is 0 Å². The van der Waals surface area contributed by atoms with Crippen LogP contribution in [0.25, 0.3) is 0 Å². The molecule has 0 aliphatic carbocycles. The Labute approximate surface area is 67.3 Å². The Kier molecular flexibility index (Phi) is 4.90. The minimum atomic E-state index is -0.814. The van der Waals surface area contributed by atoms with Gasteiger partial charge in [0.15, 0.2) is 0 Å². The van der Waals surface area contributed by atoms with Crippen molar-refractivity contribution in [1.29, 1.82) is 0 Å². The number of ether oxygens (including phenoxy) is 1. The standard InChI is InChI=1S/C8H15O3/c1-6(2)7(3)11-5-8(10)4-9/h8-10H,3-5H2,1-2H3. The van der Waals surface area contributed by atoms with Crippen LogP contribution in [0.1, 0.15) is 13.8 Å². The van der Waals surface area contributed by atoms with E-state index in [1.165, 1.54) is 0 Å². The van der Waals surface area contributed by atoms with Crippen LogP contribution in [-0.4, -0.2) is 29.5 Å². The van der Waals surface area contributed by atoms with Crippen LogP contribution >= 0.6 is 0 Å². The summed E-state index contributed by atoms with van der Waals surface area (Å²) in [5, 5.41) is 17.3. The van der Waals surface area contributed by atoms with Crippen LogP contribution in [0, 0.1) is 6.92 Å². The zero-order valence-electron chi connectivity index (χ0n) is 7.00. The van der Waals surface area contributed by atoms with Gasteiger partial charge in [0.05, 0.1) is 12.4 Å². The van der Waals surface area contributed by atoms with E-state index < -0.39 is 6.10 Å². The molecule has 0 aliphatic heterocycles. The van der Waals surface area contributed by atoms with Crippen molar-refractivity contribution in [2.24, 2.45) is 0 Å². The van der Waals surface area contributed by atoms with Crippen LogP contribution in [0.2, 0.25) is 0 Å². The summed E-state index contributed by atoms with van der Waals surface area (Å²) in [5.41, 5.74) is 0.968. The van der Waals surface area contributed by atoms with E-state index in [0.29, 0.717) is 5.76 Å². The highest BCUT2D eigenvalue weighted by atomic mass is 16.5. The van der Waals surface area contributed by atoms with Crippen LogP contribution in [0.3, 0.4) is 0 Å². The first-order valence-corrected chi connectivity index (χ1v) is 3.49. The minimum absolute atomic E-state index is 0.0977. The molecule has 2 N–H and O–H groups in total. The van der Waals surface area contributed by atoms with Gasteiger partial charge >= 0.3 is 0 Å². The van der Waals surface area contributed by atoms with Crippen LogP contribution < -0.4 is 0 Å². The Bertz CT molecular complexity index is 136. The summed E-state index contributed by atoms with van der Waals surface area (Å²) in [6.07, 6.45) is -0.814. The maximum atomic E-state index is 8.86. The van der Waals surface area contributed by atoms with E-state index in [4.69, 9.17) is 14.9 Å². The van der Waals surface area contributed by atoms with Gasteiger partial charge in [0, 0.05) is 6.92 Å². The normalized spacial score (nSPS) is 12.5. The summed E-state index contributed by atoms with van der Waals surface area (Å²) < 4.78 is 5.01. The maximum Gasteiger partial charge on any atom is 0.116 e. The number of rotatable bonds is 4. The Morgan fingerprint density at radius 3 is 2.45 bits per heavy atom. The van der Waals surface area contributed by atoms with Gasteiger partial charge in [-0.1, -0.05) is 0 Å². The second kappa shape index (κ2) is 5.16. The number of allylic oxidation sites excluding steroid dienone is 2. The smallest absolute Gasteiger partial charge is 0.116 e. The monoisotopic (exact) mass is 159 g/mol. The third kappa shape index (κ3) is 4.81. The van der Waals surface area contributed by atoms with E-state index >= 15 is 0 Å². The van der Waals surface area contributed by atoms with Gasteiger partial charge in [-0.05, 0) is 19.4 Å². The van der Waals surface area contributed by atoms with E-state index in [0.717, 1.165) is 5.57 Å². The van der Waals surface area contributed by atoms with E-state index in [2.05, 4.69) is 6.92 Å². The van der Waals surface area contributed by atoms with Crippen molar-refractivity contribution in [2.75, 3.05) is 13.2 Å². The predicted octanol–water partition coefficient (Wildman–Crippen LogP) is 0.484. The van der Waals surface area contributed by atoms with Gasteiger partial charge in [0.25, 0.3) is 0 Å². The molecular formula is C8H15O3. The van der Waals surface area contributed by atoms with Crippen molar-refractivity contribution in [3.8, 4) is 0 Å². The zero-order chi connectivity index (χ0) is 8.85. The number of hydrogen-bond acceptors (Lipinski definition) is 3. The molecule has 1 atom stereocenters. The summed E-state index contributed by atoms with van der Waals surface area (Å²) in [6.45, 7) is 7.16.